The molecule has 0 aliphatic carbocycles. The molecule has 1 aromatic rings. The smallest absolute Gasteiger partial charge is 0.326 e. The van der Waals surface area contributed by atoms with Crippen molar-refractivity contribution >= 4 is 21.6 Å². The van der Waals surface area contributed by atoms with Gasteiger partial charge in [-0.25, -0.2) is 8.42 Å². The number of nitrogens with two attached hydrogens (primary N) is 1. The number of hydrogen-bond acceptors (Lipinski definition) is 3. The first-order valence-electron chi connectivity index (χ1n) is 7.19. The van der Waals surface area contributed by atoms with Crippen LogP contribution in [0, 0.1) is 0 Å². The summed E-state index contributed by atoms with van der Waals surface area (Å²) in [4.78, 5) is -0.776. The summed E-state index contributed by atoms with van der Waals surface area (Å²) in [6.07, 6.45) is -2.89. The van der Waals surface area contributed by atoms with Gasteiger partial charge in [0.2, 0.25) is 10.0 Å². The van der Waals surface area contributed by atoms with E-state index >= 15 is 0 Å². The first-order chi connectivity index (χ1) is 10.5. The van der Waals surface area contributed by atoms with Crippen molar-refractivity contribution in [3.05, 3.63) is 28.8 Å². The Morgan fingerprint density at radius 1 is 1.35 bits per heavy atom. The zero-order valence-corrected chi connectivity index (χ0v) is 14.0. The Morgan fingerprint density at radius 2 is 2.00 bits per heavy atom. The third kappa shape index (κ3) is 3.81. The van der Waals surface area contributed by atoms with Crippen LogP contribution in [0.15, 0.2) is 23.1 Å². The van der Waals surface area contributed by atoms with Crippen LogP contribution < -0.4 is 5.73 Å². The number of rotatable bonds is 3. The maximum Gasteiger partial charge on any atom is 0.417 e. The number of nitrogens with zero attached hydrogens (tertiary/aromatic N) is 1. The lowest BCUT2D eigenvalue weighted by atomic mass is 10.00. The summed E-state index contributed by atoms with van der Waals surface area (Å²) in [5.41, 5.74) is 4.58. The highest BCUT2D eigenvalue weighted by molar-refractivity contribution is 7.89. The van der Waals surface area contributed by atoms with Crippen molar-refractivity contribution < 1.29 is 21.6 Å². The highest BCUT2D eigenvalue weighted by atomic mass is 35.5. The van der Waals surface area contributed by atoms with Crippen LogP contribution in [0.5, 0.6) is 0 Å². The van der Waals surface area contributed by atoms with E-state index in [1.165, 1.54) is 0 Å². The minimum Gasteiger partial charge on any atom is -0.326 e. The maximum absolute atomic E-state index is 13.2. The predicted octanol–water partition coefficient (Wildman–Crippen LogP) is 3.25. The Morgan fingerprint density at radius 3 is 2.57 bits per heavy atom. The van der Waals surface area contributed by atoms with E-state index in [0.717, 1.165) is 22.9 Å². The van der Waals surface area contributed by atoms with Crippen LogP contribution in [-0.4, -0.2) is 31.4 Å². The Kier molecular flexibility index (Phi) is 5.30. The molecular weight excluding hydrogens is 353 g/mol. The highest BCUT2D eigenvalue weighted by Crippen LogP contribution is 2.38. The molecule has 0 spiro atoms. The summed E-state index contributed by atoms with van der Waals surface area (Å²) in [5.74, 6) is 0. The average molecular weight is 371 g/mol. The summed E-state index contributed by atoms with van der Waals surface area (Å²) in [5, 5.41) is -0.168. The normalized spacial score (nSPS) is 22.1. The van der Waals surface area contributed by atoms with Gasteiger partial charge < -0.3 is 5.73 Å². The van der Waals surface area contributed by atoms with Gasteiger partial charge in [0.25, 0.3) is 0 Å². The average Bonchev–Trinajstić information content (AvgIpc) is 2.46. The SMILES string of the molecule is CC(N)C1CCCCN1S(=O)(=O)c1ccc(Cl)cc1C(F)(F)F. The second-order valence-corrected chi connectivity index (χ2v) is 7.97. The van der Waals surface area contributed by atoms with E-state index in [1.807, 2.05) is 0 Å². The molecule has 0 radical (unpaired) electrons. The summed E-state index contributed by atoms with van der Waals surface area (Å²) in [7, 11) is -4.31. The summed E-state index contributed by atoms with van der Waals surface area (Å²) < 4.78 is 66.4. The lowest BCUT2D eigenvalue weighted by molar-refractivity contribution is -0.139. The van der Waals surface area contributed by atoms with Gasteiger partial charge in [0, 0.05) is 23.7 Å². The number of benzene rings is 1. The molecule has 0 bridgehead atoms. The molecule has 2 N–H and O–H groups in total. The molecule has 9 heteroatoms. The molecular formula is C14H18ClF3N2O2S. The maximum atomic E-state index is 13.2. The third-order valence-corrected chi connectivity index (χ3v) is 6.16. The molecule has 2 rings (SSSR count). The van der Waals surface area contributed by atoms with E-state index in [-0.39, 0.29) is 11.6 Å². The molecule has 2 atom stereocenters. The lowest BCUT2D eigenvalue weighted by Gasteiger charge is -2.37. The molecule has 1 aliphatic rings. The summed E-state index contributed by atoms with van der Waals surface area (Å²) >= 11 is 5.61. The van der Waals surface area contributed by atoms with Crippen molar-refractivity contribution in [1.82, 2.24) is 4.31 Å². The van der Waals surface area contributed by atoms with E-state index in [2.05, 4.69) is 0 Å². The Bertz CT molecular complexity index is 677. The van der Waals surface area contributed by atoms with Gasteiger partial charge in [0.15, 0.2) is 0 Å². The van der Waals surface area contributed by atoms with E-state index in [0.29, 0.717) is 18.9 Å². The zero-order valence-electron chi connectivity index (χ0n) is 12.5. The zero-order chi connectivity index (χ0) is 17.4. The van der Waals surface area contributed by atoms with Gasteiger partial charge in [-0.05, 0) is 38.0 Å². The van der Waals surface area contributed by atoms with E-state index < -0.39 is 38.7 Å². The molecule has 1 aliphatic heterocycles. The molecule has 4 nitrogen and oxygen atoms in total. The Labute approximate surface area is 138 Å². The second kappa shape index (κ2) is 6.58. The molecule has 1 fully saturated rings. The van der Waals surface area contributed by atoms with Crippen LogP contribution >= 0.6 is 11.6 Å². The first-order valence-corrected chi connectivity index (χ1v) is 9.01. The Balaban J connectivity index is 2.55. The largest absolute Gasteiger partial charge is 0.417 e. The van der Waals surface area contributed by atoms with Gasteiger partial charge in [0.05, 0.1) is 10.5 Å². The van der Waals surface area contributed by atoms with Gasteiger partial charge in [-0.3, -0.25) is 0 Å². The van der Waals surface area contributed by atoms with Crippen molar-refractivity contribution in [2.24, 2.45) is 5.73 Å². The summed E-state index contributed by atoms with van der Waals surface area (Å²) in [6.45, 7) is 1.82. The monoisotopic (exact) mass is 370 g/mol. The van der Waals surface area contributed by atoms with Crippen LogP contribution in [0.3, 0.4) is 0 Å². The third-order valence-electron chi connectivity index (χ3n) is 3.94. The van der Waals surface area contributed by atoms with E-state index in [1.54, 1.807) is 6.92 Å². The Hall–Kier alpha value is -0.830. The fraction of sp³-hybridized carbons (Fsp3) is 0.571. The predicted molar refractivity (Wildman–Crippen MR) is 81.6 cm³/mol. The minimum absolute atomic E-state index is 0.161. The van der Waals surface area contributed by atoms with Crippen molar-refractivity contribution in [3.8, 4) is 0 Å². The molecule has 0 amide bonds. The highest BCUT2D eigenvalue weighted by Gasteiger charge is 2.42. The molecule has 0 aromatic heterocycles. The lowest BCUT2D eigenvalue weighted by Crippen LogP contribution is -2.51. The summed E-state index contributed by atoms with van der Waals surface area (Å²) in [6, 6.07) is 1.72. The topological polar surface area (TPSA) is 63.4 Å². The van der Waals surface area contributed by atoms with Crippen LogP contribution in [0.4, 0.5) is 13.2 Å². The minimum atomic E-state index is -4.81. The van der Waals surface area contributed by atoms with Crippen LogP contribution in [-0.2, 0) is 16.2 Å². The van der Waals surface area contributed by atoms with Crippen LogP contribution in [0.25, 0.3) is 0 Å². The van der Waals surface area contributed by atoms with Gasteiger partial charge >= 0.3 is 6.18 Å². The van der Waals surface area contributed by atoms with Crippen LogP contribution in [0.2, 0.25) is 5.02 Å². The van der Waals surface area contributed by atoms with Gasteiger partial charge in [-0.1, -0.05) is 18.0 Å². The van der Waals surface area contributed by atoms with Crippen LogP contribution in [0.1, 0.15) is 31.7 Å². The van der Waals surface area contributed by atoms with Crippen molar-refractivity contribution in [1.29, 1.82) is 0 Å². The number of halogens is 4. The van der Waals surface area contributed by atoms with Crippen molar-refractivity contribution in [2.75, 3.05) is 6.54 Å². The number of piperidine rings is 1. The molecule has 1 aromatic carbocycles. The molecule has 2 unspecified atom stereocenters. The molecule has 1 saturated heterocycles. The van der Waals surface area contributed by atoms with Gasteiger partial charge in [0.1, 0.15) is 0 Å². The molecule has 23 heavy (non-hydrogen) atoms. The van der Waals surface area contributed by atoms with Gasteiger partial charge in [-0.15, -0.1) is 0 Å². The number of sulfonamides is 1. The van der Waals surface area contributed by atoms with E-state index in [4.69, 9.17) is 17.3 Å². The second-order valence-electron chi connectivity index (χ2n) is 5.68. The van der Waals surface area contributed by atoms with E-state index in [9.17, 15) is 21.6 Å². The number of alkyl halides is 3. The quantitative estimate of drug-likeness (QED) is 0.888. The number of hydrogen-bond donors (Lipinski definition) is 1. The van der Waals surface area contributed by atoms with Crippen molar-refractivity contribution in [3.63, 3.8) is 0 Å². The molecule has 1 heterocycles. The fourth-order valence-electron chi connectivity index (χ4n) is 2.83. The molecule has 0 saturated carbocycles. The molecule has 130 valence electrons. The first kappa shape index (κ1) is 18.5. The standard InChI is InChI=1S/C14H18ClF3N2O2S/c1-9(19)12-4-2-3-7-20(12)23(21,22)13-6-5-10(15)8-11(13)14(16,17)18/h5-6,8-9,12H,2-4,7,19H2,1H3. The van der Waals surface area contributed by atoms with Gasteiger partial charge in [-0.2, -0.15) is 17.5 Å². The van der Waals surface area contributed by atoms with Crippen molar-refractivity contribution in [2.45, 2.75) is 49.3 Å². The fourth-order valence-corrected chi connectivity index (χ4v) is 4.97.